The van der Waals surface area contributed by atoms with Gasteiger partial charge in [0.15, 0.2) is 0 Å². The van der Waals surface area contributed by atoms with Gasteiger partial charge in [-0.05, 0) is 13.3 Å². The molecule has 0 saturated carbocycles. The number of hydrogen-bond donors (Lipinski definition) is 1. The van der Waals surface area contributed by atoms with E-state index in [0.717, 1.165) is 30.9 Å². The van der Waals surface area contributed by atoms with Gasteiger partial charge in [0.05, 0.1) is 11.9 Å². The van der Waals surface area contributed by atoms with Crippen molar-refractivity contribution in [1.29, 1.82) is 0 Å². The van der Waals surface area contributed by atoms with Crippen molar-refractivity contribution in [2.24, 2.45) is 0 Å². The number of hydrogen-bond acceptors (Lipinski definition) is 3. The van der Waals surface area contributed by atoms with Crippen molar-refractivity contribution in [2.45, 2.75) is 19.8 Å². The average molecular weight is 175 g/mol. The second kappa shape index (κ2) is 5.15. The zero-order valence-electron chi connectivity index (χ0n) is 7.75. The molecule has 0 amide bonds. The van der Waals surface area contributed by atoms with Gasteiger partial charge in [0.25, 0.3) is 0 Å². The highest BCUT2D eigenvalue weighted by Gasteiger charge is 1.92. The molecule has 0 fully saturated rings. The van der Waals surface area contributed by atoms with Crippen molar-refractivity contribution in [3.8, 4) is 12.3 Å². The van der Waals surface area contributed by atoms with E-state index in [4.69, 9.17) is 6.42 Å². The Labute approximate surface area is 78.6 Å². The molecule has 1 aromatic rings. The highest BCUT2D eigenvalue weighted by atomic mass is 15.0. The molecule has 0 aliphatic rings. The van der Waals surface area contributed by atoms with Crippen molar-refractivity contribution in [3.63, 3.8) is 0 Å². The molecule has 1 heterocycles. The van der Waals surface area contributed by atoms with Crippen LogP contribution in [0.1, 0.15) is 18.5 Å². The van der Waals surface area contributed by atoms with Gasteiger partial charge in [-0.3, -0.25) is 4.98 Å². The highest BCUT2D eigenvalue weighted by molar-refractivity contribution is 5.31. The van der Waals surface area contributed by atoms with Crippen LogP contribution < -0.4 is 5.32 Å². The maximum atomic E-state index is 5.13. The van der Waals surface area contributed by atoms with Gasteiger partial charge in [0.1, 0.15) is 5.82 Å². The molecule has 3 nitrogen and oxygen atoms in total. The average Bonchev–Trinajstić information content (AvgIpc) is 2.13. The second-order valence-corrected chi connectivity index (χ2v) is 2.78. The Morgan fingerprint density at radius 3 is 3.08 bits per heavy atom. The predicted molar refractivity (Wildman–Crippen MR) is 53.3 cm³/mol. The van der Waals surface area contributed by atoms with Crippen molar-refractivity contribution < 1.29 is 0 Å². The summed E-state index contributed by atoms with van der Waals surface area (Å²) in [5.74, 6) is 3.41. The van der Waals surface area contributed by atoms with E-state index in [-0.39, 0.29) is 0 Å². The Morgan fingerprint density at radius 2 is 2.38 bits per heavy atom. The third-order valence-corrected chi connectivity index (χ3v) is 1.56. The number of nitrogens with zero attached hydrogens (tertiary/aromatic N) is 2. The summed E-state index contributed by atoms with van der Waals surface area (Å²) in [6.07, 6.45) is 10.3. The number of unbranched alkanes of at least 4 members (excludes halogenated alkanes) is 1. The fourth-order valence-electron chi connectivity index (χ4n) is 0.956. The van der Waals surface area contributed by atoms with Gasteiger partial charge in [-0.2, -0.15) is 0 Å². The van der Waals surface area contributed by atoms with Crippen LogP contribution in [0, 0.1) is 19.3 Å². The van der Waals surface area contributed by atoms with Crippen LogP contribution in [0.5, 0.6) is 0 Å². The Kier molecular flexibility index (Phi) is 3.77. The molecule has 1 rings (SSSR count). The van der Waals surface area contributed by atoms with E-state index in [1.807, 2.05) is 6.92 Å². The standard InChI is InChI=1S/C10H13N3/c1-3-4-5-6-12-10-8-11-7-9(2)13-10/h1,7-8H,4-6H2,2H3,(H,12,13). The minimum Gasteiger partial charge on any atom is -0.369 e. The van der Waals surface area contributed by atoms with Gasteiger partial charge in [-0.1, -0.05) is 0 Å². The molecule has 0 aliphatic carbocycles. The van der Waals surface area contributed by atoms with Crippen molar-refractivity contribution >= 4 is 5.82 Å². The molecule has 0 spiro atoms. The quantitative estimate of drug-likeness (QED) is 0.558. The monoisotopic (exact) mass is 175 g/mol. The molecule has 13 heavy (non-hydrogen) atoms. The first kappa shape index (κ1) is 9.53. The zero-order chi connectivity index (χ0) is 9.52. The Balaban J connectivity index is 2.33. The smallest absolute Gasteiger partial charge is 0.144 e. The maximum absolute atomic E-state index is 5.13. The lowest BCUT2D eigenvalue weighted by Gasteiger charge is -2.03. The van der Waals surface area contributed by atoms with Crippen LogP contribution in [0.25, 0.3) is 0 Å². The van der Waals surface area contributed by atoms with Crippen molar-refractivity contribution in [3.05, 3.63) is 18.1 Å². The third kappa shape index (κ3) is 3.57. The molecule has 0 saturated heterocycles. The molecular weight excluding hydrogens is 162 g/mol. The SMILES string of the molecule is C#CCCCNc1cncc(C)n1. The van der Waals surface area contributed by atoms with Gasteiger partial charge in [-0.25, -0.2) is 4.98 Å². The molecule has 1 aromatic heterocycles. The number of aromatic nitrogens is 2. The molecule has 0 aromatic carbocycles. The molecule has 1 N–H and O–H groups in total. The zero-order valence-corrected chi connectivity index (χ0v) is 7.75. The van der Waals surface area contributed by atoms with Gasteiger partial charge >= 0.3 is 0 Å². The largest absolute Gasteiger partial charge is 0.369 e. The van der Waals surface area contributed by atoms with E-state index in [0.29, 0.717) is 0 Å². The van der Waals surface area contributed by atoms with Crippen LogP contribution in [0.15, 0.2) is 12.4 Å². The van der Waals surface area contributed by atoms with E-state index in [9.17, 15) is 0 Å². The second-order valence-electron chi connectivity index (χ2n) is 2.78. The number of nitrogens with one attached hydrogen (secondary N) is 1. The molecular formula is C10H13N3. The number of aryl methyl sites for hydroxylation is 1. The normalized spacial score (nSPS) is 9.23. The van der Waals surface area contributed by atoms with Gasteiger partial charge in [0.2, 0.25) is 0 Å². The Hall–Kier alpha value is -1.56. The van der Waals surface area contributed by atoms with Crippen LogP contribution in [0.3, 0.4) is 0 Å². The van der Waals surface area contributed by atoms with Crippen LogP contribution in [0.4, 0.5) is 5.82 Å². The molecule has 0 radical (unpaired) electrons. The minimum absolute atomic E-state index is 0.798. The fraction of sp³-hybridized carbons (Fsp3) is 0.400. The van der Waals surface area contributed by atoms with E-state index >= 15 is 0 Å². The molecule has 3 heteroatoms. The van der Waals surface area contributed by atoms with Crippen LogP contribution >= 0.6 is 0 Å². The first-order valence-electron chi connectivity index (χ1n) is 4.29. The van der Waals surface area contributed by atoms with Crippen molar-refractivity contribution in [1.82, 2.24) is 9.97 Å². The highest BCUT2D eigenvalue weighted by Crippen LogP contribution is 2.00. The first-order chi connectivity index (χ1) is 6.33. The molecule has 68 valence electrons. The lowest BCUT2D eigenvalue weighted by molar-refractivity contribution is 0.897. The molecule has 0 atom stereocenters. The first-order valence-corrected chi connectivity index (χ1v) is 4.29. The van der Waals surface area contributed by atoms with Crippen LogP contribution in [-0.4, -0.2) is 16.5 Å². The number of terminal acetylenes is 1. The summed E-state index contributed by atoms with van der Waals surface area (Å²) in [5, 5.41) is 3.15. The summed E-state index contributed by atoms with van der Waals surface area (Å²) in [5.41, 5.74) is 0.918. The van der Waals surface area contributed by atoms with E-state index in [1.54, 1.807) is 12.4 Å². The summed E-state index contributed by atoms with van der Waals surface area (Å²) in [6, 6.07) is 0. The van der Waals surface area contributed by atoms with Crippen LogP contribution in [-0.2, 0) is 0 Å². The van der Waals surface area contributed by atoms with E-state index in [2.05, 4.69) is 21.2 Å². The van der Waals surface area contributed by atoms with Gasteiger partial charge < -0.3 is 5.32 Å². The lowest BCUT2D eigenvalue weighted by atomic mass is 10.3. The van der Waals surface area contributed by atoms with Crippen molar-refractivity contribution in [2.75, 3.05) is 11.9 Å². The summed E-state index contributed by atoms with van der Waals surface area (Å²) in [4.78, 5) is 8.26. The Morgan fingerprint density at radius 1 is 1.54 bits per heavy atom. The summed E-state index contributed by atoms with van der Waals surface area (Å²) >= 11 is 0. The lowest BCUT2D eigenvalue weighted by Crippen LogP contribution is -2.03. The third-order valence-electron chi connectivity index (χ3n) is 1.56. The number of anilines is 1. The molecule has 0 bridgehead atoms. The van der Waals surface area contributed by atoms with E-state index < -0.39 is 0 Å². The van der Waals surface area contributed by atoms with E-state index in [1.165, 1.54) is 0 Å². The Bertz CT molecular complexity index is 301. The maximum Gasteiger partial charge on any atom is 0.144 e. The predicted octanol–water partition coefficient (Wildman–Crippen LogP) is 1.61. The fourth-order valence-corrected chi connectivity index (χ4v) is 0.956. The number of rotatable bonds is 4. The molecule has 0 unspecified atom stereocenters. The summed E-state index contributed by atoms with van der Waals surface area (Å²) < 4.78 is 0. The summed E-state index contributed by atoms with van der Waals surface area (Å²) in [6.45, 7) is 2.77. The van der Waals surface area contributed by atoms with Gasteiger partial charge in [0, 0.05) is 19.2 Å². The summed E-state index contributed by atoms with van der Waals surface area (Å²) in [7, 11) is 0. The van der Waals surface area contributed by atoms with Crippen LogP contribution in [0.2, 0.25) is 0 Å². The topological polar surface area (TPSA) is 37.8 Å². The minimum atomic E-state index is 0.798. The molecule has 0 aliphatic heterocycles. The van der Waals surface area contributed by atoms with Gasteiger partial charge in [-0.15, -0.1) is 12.3 Å².